The minimum absolute atomic E-state index is 0.0354. The maximum atomic E-state index is 12.9. The van der Waals surface area contributed by atoms with E-state index in [9.17, 15) is 9.59 Å². The molecule has 1 amide bonds. The molecule has 0 saturated carbocycles. The summed E-state index contributed by atoms with van der Waals surface area (Å²) < 4.78 is 0. The Hall–Kier alpha value is -3.81. The second-order valence-electron chi connectivity index (χ2n) is 5.65. The number of aromatic amines is 1. The van der Waals surface area contributed by atoms with Gasteiger partial charge in [0.25, 0.3) is 11.5 Å². The predicted molar refractivity (Wildman–Crippen MR) is 91.4 cm³/mol. The molecule has 0 radical (unpaired) electrons. The molecule has 11 heteroatoms. The van der Waals surface area contributed by atoms with Crippen LogP contribution in [0.3, 0.4) is 0 Å². The number of nitrogens with one attached hydrogen (secondary N) is 1. The zero-order valence-corrected chi connectivity index (χ0v) is 13.5. The third-order valence-corrected chi connectivity index (χ3v) is 4.03. The summed E-state index contributed by atoms with van der Waals surface area (Å²) in [6, 6.07) is 4.63. The van der Waals surface area contributed by atoms with Crippen LogP contribution in [0.4, 0.5) is 5.69 Å². The standard InChI is InChI=1S/C15H13N9O2/c16-22-19-6-9-3-10(5-12(4-9)20-23-17)15(26)24-2-1-13-11(8-24)7-18-21-14(13)25/h3-5,7H,1-2,6,8H2,(H,21,25). The molecule has 1 aliphatic heterocycles. The van der Waals surface area contributed by atoms with Crippen molar-refractivity contribution in [2.45, 2.75) is 19.5 Å². The minimum Gasteiger partial charge on any atom is -0.334 e. The number of H-pyrrole nitrogens is 1. The van der Waals surface area contributed by atoms with Gasteiger partial charge in [-0.3, -0.25) is 9.59 Å². The Labute approximate surface area is 146 Å². The summed E-state index contributed by atoms with van der Waals surface area (Å²) >= 11 is 0. The Balaban J connectivity index is 1.92. The van der Waals surface area contributed by atoms with Gasteiger partial charge in [-0.2, -0.15) is 5.10 Å². The highest BCUT2D eigenvalue weighted by molar-refractivity contribution is 5.95. The van der Waals surface area contributed by atoms with Gasteiger partial charge in [0.2, 0.25) is 0 Å². The molecule has 1 aliphatic rings. The van der Waals surface area contributed by atoms with E-state index in [4.69, 9.17) is 11.1 Å². The predicted octanol–water partition coefficient (Wildman–Crippen LogP) is 2.72. The summed E-state index contributed by atoms with van der Waals surface area (Å²) in [7, 11) is 0. The molecule has 0 aliphatic carbocycles. The number of carbonyl (C=O) groups is 1. The Kier molecular flexibility index (Phi) is 4.84. The summed E-state index contributed by atoms with van der Waals surface area (Å²) in [5.74, 6) is -0.270. The largest absolute Gasteiger partial charge is 0.334 e. The van der Waals surface area contributed by atoms with Gasteiger partial charge in [-0.25, -0.2) is 5.10 Å². The van der Waals surface area contributed by atoms with E-state index in [1.165, 1.54) is 6.07 Å². The molecule has 26 heavy (non-hydrogen) atoms. The molecular formula is C15H13N9O2. The van der Waals surface area contributed by atoms with Crippen LogP contribution in [0.1, 0.15) is 27.0 Å². The molecule has 1 N–H and O–H groups in total. The first kappa shape index (κ1) is 17.0. The fourth-order valence-electron chi connectivity index (χ4n) is 2.87. The van der Waals surface area contributed by atoms with Crippen molar-refractivity contribution in [3.05, 3.63) is 77.9 Å². The quantitative estimate of drug-likeness (QED) is 0.509. The number of fused-ring (bicyclic) bond motifs is 1. The van der Waals surface area contributed by atoms with Gasteiger partial charge >= 0.3 is 0 Å². The Morgan fingerprint density at radius 2 is 2.15 bits per heavy atom. The topological polar surface area (TPSA) is 164 Å². The minimum atomic E-state index is -0.270. The lowest BCUT2D eigenvalue weighted by Gasteiger charge is -2.28. The molecule has 1 aromatic heterocycles. The molecule has 3 rings (SSSR count). The molecule has 0 unspecified atom stereocenters. The van der Waals surface area contributed by atoms with Crippen LogP contribution in [0, 0.1) is 0 Å². The molecular weight excluding hydrogens is 338 g/mol. The summed E-state index contributed by atoms with van der Waals surface area (Å²) in [4.78, 5) is 31.6. The van der Waals surface area contributed by atoms with Crippen LogP contribution in [0.25, 0.3) is 20.9 Å². The fraction of sp³-hybridized carbons (Fsp3) is 0.267. The molecule has 1 aromatic carbocycles. The van der Waals surface area contributed by atoms with Gasteiger partial charge < -0.3 is 4.90 Å². The molecule has 11 nitrogen and oxygen atoms in total. The highest BCUT2D eigenvalue weighted by Crippen LogP contribution is 2.23. The average molecular weight is 351 g/mol. The van der Waals surface area contributed by atoms with E-state index in [1.807, 2.05) is 0 Å². The normalized spacial score (nSPS) is 12.5. The van der Waals surface area contributed by atoms with Crippen LogP contribution in [0.15, 0.2) is 39.4 Å². The van der Waals surface area contributed by atoms with Crippen LogP contribution in [0.5, 0.6) is 0 Å². The van der Waals surface area contributed by atoms with Gasteiger partial charge in [0.15, 0.2) is 0 Å². The molecule has 0 bridgehead atoms. The zero-order chi connectivity index (χ0) is 18.5. The van der Waals surface area contributed by atoms with Crippen molar-refractivity contribution in [1.82, 2.24) is 15.1 Å². The third-order valence-electron chi connectivity index (χ3n) is 4.03. The molecule has 0 atom stereocenters. The molecule has 130 valence electrons. The first-order valence-corrected chi connectivity index (χ1v) is 7.67. The van der Waals surface area contributed by atoms with E-state index < -0.39 is 0 Å². The number of amides is 1. The van der Waals surface area contributed by atoms with Crippen LogP contribution >= 0.6 is 0 Å². The van der Waals surface area contributed by atoms with Gasteiger partial charge in [0, 0.05) is 45.3 Å². The summed E-state index contributed by atoms with van der Waals surface area (Å²) in [5, 5.41) is 13.2. The highest BCUT2D eigenvalue weighted by Gasteiger charge is 2.24. The van der Waals surface area contributed by atoms with E-state index >= 15 is 0 Å². The fourth-order valence-corrected chi connectivity index (χ4v) is 2.87. The second-order valence-corrected chi connectivity index (χ2v) is 5.65. The van der Waals surface area contributed by atoms with Crippen molar-refractivity contribution in [3.8, 4) is 0 Å². The van der Waals surface area contributed by atoms with E-state index in [0.29, 0.717) is 35.2 Å². The lowest BCUT2D eigenvalue weighted by atomic mass is 10.0. The van der Waals surface area contributed by atoms with Crippen molar-refractivity contribution >= 4 is 11.6 Å². The number of aromatic nitrogens is 2. The van der Waals surface area contributed by atoms with Gasteiger partial charge in [0.05, 0.1) is 12.7 Å². The Morgan fingerprint density at radius 3 is 2.92 bits per heavy atom. The van der Waals surface area contributed by atoms with Gasteiger partial charge in [-0.15, -0.1) is 0 Å². The van der Waals surface area contributed by atoms with Crippen LogP contribution in [-0.2, 0) is 19.5 Å². The molecule has 2 heterocycles. The average Bonchev–Trinajstić information content (AvgIpc) is 2.66. The third kappa shape index (κ3) is 3.48. The molecule has 0 saturated heterocycles. The number of carbonyl (C=O) groups excluding carboxylic acids is 1. The zero-order valence-electron chi connectivity index (χ0n) is 13.5. The van der Waals surface area contributed by atoms with Crippen LogP contribution in [0.2, 0.25) is 0 Å². The Morgan fingerprint density at radius 1 is 1.31 bits per heavy atom. The van der Waals surface area contributed by atoms with Crippen molar-refractivity contribution in [3.63, 3.8) is 0 Å². The number of rotatable bonds is 4. The van der Waals surface area contributed by atoms with Gasteiger partial charge in [-0.05, 0) is 41.2 Å². The van der Waals surface area contributed by atoms with Crippen LogP contribution in [-0.4, -0.2) is 27.5 Å². The van der Waals surface area contributed by atoms with Crippen molar-refractivity contribution in [2.75, 3.05) is 6.54 Å². The molecule has 2 aromatic rings. The smallest absolute Gasteiger partial charge is 0.267 e. The Bertz CT molecular complexity index is 1020. The number of hydrogen-bond acceptors (Lipinski definition) is 5. The van der Waals surface area contributed by atoms with E-state index in [1.54, 1.807) is 23.2 Å². The molecule has 0 fully saturated rings. The van der Waals surface area contributed by atoms with Crippen molar-refractivity contribution in [2.24, 2.45) is 10.2 Å². The number of benzene rings is 1. The van der Waals surface area contributed by atoms with Crippen LogP contribution < -0.4 is 5.56 Å². The molecule has 0 spiro atoms. The van der Waals surface area contributed by atoms with Gasteiger partial charge in [0.1, 0.15) is 0 Å². The maximum absolute atomic E-state index is 12.9. The SMILES string of the molecule is [N-]=[N+]=NCc1cc(N=[N+]=[N-])cc(C(=O)N2CCc3c(cn[nH]c3=O)C2)c1. The van der Waals surface area contributed by atoms with Crippen molar-refractivity contribution < 1.29 is 4.79 Å². The van der Waals surface area contributed by atoms with Gasteiger partial charge in [-0.1, -0.05) is 10.2 Å². The maximum Gasteiger partial charge on any atom is 0.267 e. The summed E-state index contributed by atoms with van der Waals surface area (Å²) in [6.45, 7) is 0.687. The first-order chi connectivity index (χ1) is 12.6. The number of nitrogens with zero attached hydrogens (tertiary/aromatic N) is 8. The van der Waals surface area contributed by atoms with E-state index in [2.05, 4.69) is 30.2 Å². The first-order valence-electron chi connectivity index (χ1n) is 7.67. The monoisotopic (exact) mass is 351 g/mol. The summed E-state index contributed by atoms with van der Waals surface area (Å²) in [6.07, 6.45) is 1.97. The summed E-state index contributed by atoms with van der Waals surface area (Å²) in [5.41, 5.74) is 19.3. The highest BCUT2D eigenvalue weighted by atomic mass is 16.2. The van der Waals surface area contributed by atoms with E-state index in [-0.39, 0.29) is 30.2 Å². The van der Waals surface area contributed by atoms with Crippen molar-refractivity contribution in [1.29, 1.82) is 0 Å². The van der Waals surface area contributed by atoms with E-state index in [0.717, 1.165) is 0 Å². The second kappa shape index (κ2) is 7.39. The lowest BCUT2D eigenvalue weighted by Crippen LogP contribution is -2.38. The number of hydrogen-bond donors (Lipinski definition) is 1. The number of azide groups is 2. The lowest BCUT2D eigenvalue weighted by molar-refractivity contribution is 0.0733.